The molecular weight excluding hydrogens is 452 g/mol. The van der Waals surface area contributed by atoms with Crippen molar-refractivity contribution in [1.82, 2.24) is 9.55 Å². The Balaban J connectivity index is 1.54. The Labute approximate surface area is 189 Å². The van der Waals surface area contributed by atoms with Gasteiger partial charge in [-0.2, -0.15) is 8.42 Å². The van der Waals surface area contributed by atoms with E-state index in [4.69, 9.17) is 4.98 Å². The average molecular weight is 475 g/mol. The first kappa shape index (κ1) is 21.9. The fourth-order valence-corrected chi connectivity index (χ4v) is 5.94. The van der Waals surface area contributed by atoms with E-state index in [1.165, 1.54) is 21.2 Å². The summed E-state index contributed by atoms with van der Waals surface area (Å²) in [5.41, 5.74) is 4.52. The van der Waals surface area contributed by atoms with E-state index in [2.05, 4.69) is 45.3 Å². The zero-order valence-electron chi connectivity index (χ0n) is 17.2. The number of hydrogen-bond acceptors (Lipinski definition) is 7. The summed E-state index contributed by atoms with van der Waals surface area (Å²) >= 11 is 3.31. The smallest absolute Gasteiger partial charge is 0.322 e. The van der Waals surface area contributed by atoms with Crippen molar-refractivity contribution < 1.29 is 17.4 Å². The Morgan fingerprint density at radius 2 is 2.00 bits per heavy atom. The zero-order valence-corrected chi connectivity index (χ0v) is 19.6. The molecule has 162 valence electrons. The first-order valence-corrected chi connectivity index (χ1v) is 13.5. The lowest BCUT2D eigenvalue weighted by molar-refractivity contribution is -0.133. The maximum absolute atomic E-state index is 11.6. The Morgan fingerprint density at radius 1 is 1.19 bits per heavy atom. The number of rotatable bonds is 8. The van der Waals surface area contributed by atoms with E-state index in [0.29, 0.717) is 18.7 Å². The molecule has 0 unspecified atom stereocenters. The molecule has 0 bridgehead atoms. The van der Waals surface area contributed by atoms with Crippen molar-refractivity contribution in [3.8, 4) is 0 Å². The number of hydrogen-bond donors (Lipinski definition) is 0. The van der Waals surface area contributed by atoms with E-state index in [1.807, 2.05) is 18.2 Å². The van der Waals surface area contributed by atoms with E-state index in [9.17, 15) is 13.2 Å². The highest BCUT2D eigenvalue weighted by atomic mass is 32.2. The molecule has 0 aliphatic rings. The lowest BCUT2D eigenvalue weighted by atomic mass is 10.1. The van der Waals surface area contributed by atoms with Gasteiger partial charge in [-0.1, -0.05) is 36.0 Å². The molecule has 0 fully saturated rings. The van der Waals surface area contributed by atoms with Crippen LogP contribution in [0.15, 0.2) is 53.0 Å². The molecule has 0 aliphatic heterocycles. The largest absolute Gasteiger partial charge is 0.346 e. The second-order valence-corrected chi connectivity index (χ2v) is 10.8. The summed E-state index contributed by atoms with van der Waals surface area (Å²) in [5, 5.41) is 4.39. The molecule has 0 atom stereocenters. The van der Waals surface area contributed by atoms with Gasteiger partial charge in [-0.05, 0) is 48.1 Å². The van der Waals surface area contributed by atoms with Crippen molar-refractivity contribution in [3.05, 3.63) is 59.0 Å². The minimum atomic E-state index is -3.76. The van der Waals surface area contributed by atoms with Gasteiger partial charge in [0.25, 0.3) is 0 Å². The topological polar surface area (TPSA) is 78.3 Å². The molecule has 4 aromatic rings. The van der Waals surface area contributed by atoms with Gasteiger partial charge >= 0.3 is 16.1 Å². The number of carbonyl (C=O) groups is 1. The second-order valence-electron chi connectivity index (χ2n) is 7.29. The van der Waals surface area contributed by atoms with Crippen LogP contribution in [0, 0.1) is 6.92 Å². The van der Waals surface area contributed by atoms with Gasteiger partial charge in [0.1, 0.15) is 0 Å². The molecule has 6 nitrogen and oxygen atoms in total. The number of nitrogens with zero attached hydrogens (tertiary/aromatic N) is 2. The molecule has 9 heteroatoms. The van der Waals surface area contributed by atoms with Gasteiger partial charge in [-0.25, -0.2) is 4.98 Å². The molecule has 2 aromatic heterocycles. The van der Waals surface area contributed by atoms with Gasteiger partial charge in [-0.15, -0.1) is 11.3 Å². The maximum atomic E-state index is 11.6. The Kier molecular flexibility index (Phi) is 6.36. The molecule has 0 amide bonds. The van der Waals surface area contributed by atoms with Gasteiger partial charge in [0.2, 0.25) is 0 Å². The van der Waals surface area contributed by atoms with Crippen LogP contribution in [0.4, 0.5) is 0 Å². The first-order valence-electron chi connectivity index (χ1n) is 9.78. The number of aryl methyl sites for hydroxylation is 1. The first-order chi connectivity index (χ1) is 14.8. The van der Waals surface area contributed by atoms with Crippen LogP contribution >= 0.6 is 23.1 Å². The second kappa shape index (κ2) is 9.02. The number of carbonyl (C=O) groups excluding carboxylic acids is 1. The van der Waals surface area contributed by atoms with E-state index in [1.54, 1.807) is 23.1 Å². The molecule has 0 N–H and O–H groups in total. The van der Waals surface area contributed by atoms with Crippen LogP contribution < -0.4 is 0 Å². The van der Waals surface area contributed by atoms with Crippen LogP contribution in [0.1, 0.15) is 24.0 Å². The molecule has 2 heterocycles. The van der Waals surface area contributed by atoms with Crippen LogP contribution in [0.3, 0.4) is 0 Å². The summed E-state index contributed by atoms with van der Waals surface area (Å²) in [6, 6.07) is 14.4. The third-order valence-electron chi connectivity index (χ3n) is 4.83. The molecule has 0 saturated carbocycles. The molecule has 31 heavy (non-hydrogen) atoms. The molecule has 0 aliphatic carbocycles. The van der Waals surface area contributed by atoms with E-state index < -0.39 is 16.1 Å². The van der Waals surface area contributed by atoms with Gasteiger partial charge in [0, 0.05) is 22.3 Å². The Bertz CT molecular complexity index is 1360. The summed E-state index contributed by atoms with van der Waals surface area (Å²) in [6.07, 6.45) is 1.43. The Morgan fingerprint density at radius 3 is 2.81 bits per heavy atom. The number of benzene rings is 2. The van der Waals surface area contributed by atoms with E-state index >= 15 is 0 Å². The number of thiophene rings is 1. The predicted molar refractivity (Wildman–Crippen MR) is 126 cm³/mol. The van der Waals surface area contributed by atoms with E-state index in [0.717, 1.165) is 22.4 Å². The molecule has 2 aromatic carbocycles. The lowest BCUT2D eigenvalue weighted by Gasteiger charge is -2.09. The quantitative estimate of drug-likeness (QED) is 0.204. The summed E-state index contributed by atoms with van der Waals surface area (Å²) in [6.45, 7) is 2.85. The van der Waals surface area contributed by atoms with Gasteiger partial charge in [0.15, 0.2) is 5.16 Å². The van der Waals surface area contributed by atoms with Crippen LogP contribution in [0.5, 0.6) is 0 Å². The zero-order chi connectivity index (χ0) is 22.0. The predicted octanol–water partition coefficient (Wildman–Crippen LogP) is 4.98. The molecular formula is C22H22N2O4S3. The summed E-state index contributed by atoms with van der Waals surface area (Å²) in [4.78, 5) is 16.4. The number of fused-ring (bicyclic) bond motifs is 2. The minimum absolute atomic E-state index is 0.0503. The fourth-order valence-electron chi connectivity index (χ4n) is 3.54. The van der Waals surface area contributed by atoms with Crippen molar-refractivity contribution in [2.24, 2.45) is 0 Å². The monoisotopic (exact) mass is 474 g/mol. The van der Waals surface area contributed by atoms with Crippen molar-refractivity contribution >= 4 is 60.3 Å². The normalized spacial score (nSPS) is 11.9. The summed E-state index contributed by atoms with van der Waals surface area (Å²) < 4.78 is 30.0. The fraction of sp³-hybridized carbons (Fsp3) is 0.273. The summed E-state index contributed by atoms with van der Waals surface area (Å²) in [7, 11) is -3.76. The average Bonchev–Trinajstić information content (AvgIpc) is 3.27. The van der Waals surface area contributed by atoms with Crippen LogP contribution in [-0.4, -0.2) is 35.9 Å². The van der Waals surface area contributed by atoms with E-state index in [-0.39, 0.29) is 6.42 Å². The third kappa shape index (κ3) is 5.11. The molecule has 0 spiro atoms. The van der Waals surface area contributed by atoms with Gasteiger partial charge < -0.3 is 8.75 Å². The maximum Gasteiger partial charge on any atom is 0.322 e. The Hall–Kier alpha value is -2.36. The number of imidazole rings is 1. The lowest BCUT2D eigenvalue weighted by Crippen LogP contribution is -2.11. The van der Waals surface area contributed by atoms with Crippen LogP contribution in [-0.2, 0) is 25.6 Å². The minimum Gasteiger partial charge on any atom is -0.346 e. The summed E-state index contributed by atoms with van der Waals surface area (Å²) in [5.74, 6) is -0.0946. The van der Waals surface area contributed by atoms with Crippen LogP contribution in [0.2, 0.25) is 0 Å². The molecule has 0 radical (unpaired) electrons. The highest BCUT2D eigenvalue weighted by Crippen LogP contribution is 2.32. The molecule has 4 rings (SSSR count). The standard InChI is InChI=1S/C22H22N2O4S3/c1-15-7-5-10-19-21(15)16(14-30-19)13-24-18-9-4-3-8-17(18)23-22(24)29-12-6-11-20(25)28-31(2,26)27/h3-5,7-10,14H,6,11-13H2,1-2H3. The van der Waals surface area contributed by atoms with Crippen molar-refractivity contribution in [2.75, 3.05) is 12.0 Å². The van der Waals surface area contributed by atoms with Crippen LogP contribution in [0.25, 0.3) is 21.1 Å². The van der Waals surface area contributed by atoms with Gasteiger partial charge in [-0.3, -0.25) is 4.79 Å². The number of para-hydroxylation sites is 2. The highest BCUT2D eigenvalue weighted by Gasteiger charge is 2.15. The SMILES string of the molecule is Cc1cccc2scc(Cn3c(SCCCC(=O)OS(C)(=O)=O)nc4ccccc43)c12. The third-order valence-corrected chi connectivity index (χ3v) is 7.38. The number of aromatic nitrogens is 2. The highest BCUT2D eigenvalue weighted by molar-refractivity contribution is 7.99. The number of thioether (sulfide) groups is 1. The van der Waals surface area contributed by atoms with Gasteiger partial charge in [0.05, 0.1) is 23.8 Å². The van der Waals surface area contributed by atoms with Crippen molar-refractivity contribution in [1.29, 1.82) is 0 Å². The molecule has 0 saturated heterocycles. The van der Waals surface area contributed by atoms with Crippen molar-refractivity contribution in [3.63, 3.8) is 0 Å². The van der Waals surface area contributed by atoms with Crippen molar-refractivity contribution in [2.45, 2.75) is 31.5 Å².